The number of rotatable bonds is 7. The van der Waals surface area contributed by atoms with Crippen LogP contribution in [0.1, 0.15) is 6.92 Å². The normalized spacial score (nSPS) is 13.8. The number of carbonyl (C=O) groups excluding carboxylic acids is 1. The number of esters is 1. The molecule has 3 nitrogen and oxygen atoms in total. The molecule has 152 valence electrons. The van der Waals surface area contributed by atoms with Crippen molar-refractivity contribution in [1.29, 1.82) is 0 Å². The van der Waals surface area contributed by atoms with E-state index in [0.29, 0.717) is 16.2 Å². The highest BCUT2D eigenvalue weighted by Crippen LogP contribution is 2.43. The molecule has 1 unspecified atom stereocenters. The lowest BCUT2D eigenvalue weighted by Crippen LogP contribution is -2.42. The quantitative estimate of drug-likeness (QED) is 0.249. The monoisotopic (exact) mass is 420 g/mol. The van der Waals surface area contributed by atoms with Gasteiger partial charge >= 0.3 is 12.1 Å². The fourth-order valence-electron chi connectivity index (χ4n) is 2.58. The molecule has 0 amide bonds. The van der Waals surface area contributed by atoms with Crippen LogP contribution in [0, 0.1) is 5.41 Å². The smallest absolute Gasteiger partial charge is 0.398 e. The number of hydrogen-bond acceptors (Lipinski definition) is 4. The molecular weight excluding hydrogens is 401 g/mol. The molecule has 29 heavy (non-hydrogen) atoms. The summed E-state index contributed by atoms with van der Waals surface area (Å²) in [6.45, 7) is 3.47. The molecule has 3 rings (SSSR count). The lowest BCUT2D eigenvalue weighted by Gasteiger charge is -2.30. The molecule has 7 heteroatoms. The minimum absolute atomic E-state index is 0.307. The van der Waals surface area contributed by atoms with Gasteiger partial charge in [-0.2, -0.15) is 13.2 Å². The van der Waals surface area contributed by atoms with E-state index in [1.54, 1.807) is 12.1 Å². The molecule has 0 saturated carbocycles. The number of furan rings is 1. The first-order valence-electron chi connectivity index (χ1n) is 8.80. The summed E-state index contributed by atoms with van der Waals surface area (Å²) in [6, 6.07) is 16.7. The van der Waals surface area contributed by atoms with Crippen LogP contribution in [-0.4, -0.2) is 24.5 Å². The van der Waals surface area contributed by atoms with Crippen molar-refractivity contribution in [3.8, 4) is 11.3 Å². The Labute approximate surface area is 170 Å². The van der Waals surface area contributed by atoms with Gasteiger partial charge in [0.1, 0.15) is 23.4 Å². The zero-order valence-electron chi connectivity index (χ0n) is 15.7. The fraction of sp³-hybridized carbons (Fsp3) is 0.227. The summed E-state index contributed by atoms with van der Waals surface area (Å²) in [6.07, 6.45) is -3.68. The summed E-state index contributed by atoms with van der Waals surface area (Å²) in [7, 11) is 0. The van der Waals surface area contributed by atoms with Gasteiger partial charge in [0.15, 0.2) is 0 Å². The van der Waals surface area contributed by atoms with Crippen molar-refractivity contribution in [3.05, 3.63) is 67.3 Å². The van der Waals surface area contributed by atoms with E-state index in [9.17, 15) is 18.0 Å². The fourth-order valence-corrected chi connectivity index (χ4v) is 3.67. The van der Waals surface area contributed by atoms with Gasteiger partial charge in [-0.15, -0.1) is 11.8 Å². The molecular formula is C22H19F3O3S. The number of ether oxygens (including phenoxy) is 1. The minimum Gasteiger partial charge on any atom is -0.462 e. The van der Waals surface area contributed by atoms with E-state index in [1.807, 2.05) is 42.5 Å². The number of alkyl halides is 3. The molecule has 1 atom stereocenters. The highest BCUT2D eigenvalue weighted by atomic mass is 32.2. The first-order chi connectivity index (χ1) is 13.7. The Hall–Kier alpha value is -2.67. The van der Waals surface area contributed by atoms with Gasteiger partial charge < -0.3 is 9.15 Å². The lowest BCUT2D eigenvalue weighted by molar-refractivity contribution is -0.223. The highest BCUT2D eigenvalue weighted by molar-refractivity contribution is 7.99. The molecule has 0 N–H and O–H groups in total. The standard InChI is InChI=1S/C22H19F3O3S/c1-3-20(26)27-13-21(2,22(23,24)25)14-29-17-10-9-16-11-18(28-19(16)12-17)15-7-5-4-6-8-15/h3-12H,1,13-14H2,2H3. The number of carbonyl (C=O) groups is 1. The second kappa shape index (κ2) is 8.37. The van der Waals surface area contributed by atoms with E-state index in [1.165, 1.54) is 0 Å². The first-order valence-corrected chi connectivity index (χ1v) is 9.78. The van der Waals surface area contributed by atoms with Crippen molar-refractivity contribution in [3.63, 3.8) is 0 Å². The van der Waals surface area contributed by atoms with Crippen molar-refractivity contribution in [2.24, 2.45) is 5.41 Å². The Balaban J connectivity index is 1.77. The van der Waals surface area contributed by atoms with Gasteiger partial charge in [-0.1, -0.05) is 36.9 Å². The topological polar surface area (TPSA) is 39.4 Å². The molecule has 0 aliphatic rings. The van der Waals surface area contributed by atoms with Crippen LogP contribution in [0.5, 0.6) is 0 Å². The summed E-state index contributed by atoms with van der Waals surface area (Å²) in [5.41, 5.74) is -0.670. The Morgan fingerprint density at radius 2 is 1.90 bits per heavy atom. The Morgan fingerprint density at radius 1 is 1.17 bits per heavy atom. The van der Waals surface area contributed by atoms with E-state index in [-0.39, 0.29) is 5.75 Å². The molecule has 0 aliphatic heterocycles. The zero-order valence-corrected chi connectivity index (χ0v) is 16.5. The third-order valence-electron chi connectivity index (χ3n) is 4.49. The molecule has 0 aliphatic carbocycles. The van der Waals surface area contributed by atoms with Crippen molar-refractivity contribution >= 4 is 28.7 Å². The maximum Gasteiger partial charge on any atom is 0.398 e. The highest BCUT2D eigenvalue weighted by Gasteiger charge is 2.52. The number of thioether (sulfide) groups is 1. The van der Waals surface area contributed by atoms with Crippen LogP contribution < -0.4 is 0 Å². The van der Waals surface area contributed by atoms with Gasteiger partial charge in [0.2, 0.25) is 0 Å². The number of hydrogen-bond donors (Lipinski definition) is 0. The van der Waals surface area contributed by atoms with Gasteiger partial charge in [0, 0.05) is 27.7 Å². The zero-order chi connectivity index (χ0) is 21.1. The third kappa shape index (κ3) is 4.85. The van der Waals surface area contributed by atoms with Crippen LogP contribution in [0.25, 0.3) is 22.3 Å². The number of benzene rings is 2. The Kier molecular flexibility index (Phi) is 6.07. The van der Waals surface area contributed by atoms with E-state index < -0.39 is 24.2 Å². The number of halogens is 3. The summed E-state index contributed by atoms with van der Waals surface area (Å²) in [5.74, 6) is -0.492. The molecule has 1 heterocycles. The molecule has 0 bridgehead atoms. The van der Waals surface area contributed by atoms with Crippen LogP contribution in [-0.2, 0) is 9.53 Å². The summed E-state index contributed by atoms with van der Waals surface area (Å²) in [4.78, 5) is 11.8. The van der Waals surface area contributed by atoms with Gasteiger partial charge in [0.05, 0.1) is 0 Å². The van der Waals surface area contributed by atoms with Crippen molar-refractivity contribution in [2.45, 2.75) is 18.0 Å². The Morgan fingerprint density at radius 3 is 2.55 bits per heavy atom. The van der Waals surface area contributed by atoms with Crippen LogP contribution >= 0.6 is 11.8 Å². The largest absolute Gasteiger partial charge is 0.462 e. The van der Waals surface area contributed by atoms with Gasteiger partial charge in [-0.25, -0.2) is 4.79 Å². The SMILES string of the molecule is C=CC(=O)OCC(C)(CSc1ccc2cc(-c3ccccc3)oc2c1)C(F)(F)F. The molecule has 0 saturated heterocycles. The second-order valence-corrected chi connectivity index (χ2v) is 7.88. The van der Waals surface area contributed by atoms with E-state index >= 15 is 0 Å². The first kappa shape index (κ1) is 21.0. The van der Waals surface area contributed by atoms with Gasteiger partial charge in [-0.3, -0.25) is 0 Å². The van der Waals surface area contributed by atoms with Gasteiger partial charge in [-0.05, 0) is 31.2 Å². The van der Waals surface area contributed by atoms with Crippen LogP contribution in [0.4, 0.5) is 13.2 Å². The molecule has 1 aromatic heterocycles. The van der Waals surface area contributed by atoms with Crippen molar-refractivity contribution < 1.29 is 27.1 Å². The van der Waals surface area contributed by atoms with Crippen LogP contribution in [0.2, 0.25) is 0 Å². The predicted octanol–water partition coefficient (Wildman–Crippen LogP) is 6.49. The minimum atomic E-state index is -4.53. The van der Waals surface area contributed by atoms with Crippen molar-refractivity contribution in [2.75, 3.05) is 12.4 Å². The van der Waals surface area contributed by atoms with Crippen molar-refractivity contribution in [1.82, 2.24) is 0 Å². The molecule has 0 radical (unpaired) electrons. The number of fused-ring (bicyclic) bond motifs is 1. The van der Waals surface area contributed by atoms with Crippen LogP contribution in [0.3, 0.4) is 0 Å². The molecule has 0 spiro atoms. The molecule has 0 fully saturated rings. The van der Waals surface area contributed by atoms with E-state index in [4.69, 9.17) is 4.42 Å². The predicted molar refractivity (Wildman–Crippen MR) is 108 cm³/mol. The van der Waals surface area contributed by atoms with Crippen LogP contribution in [0.15, 0.2) is 76.6 Å². The molecule has 2 aromatic carbocycles. The van der Waals surface area contributed by atoms with E-state index in [0.717, 1.165) is 35.7 Å². The summed E-state index contributed by atoms with van der Waals surface area (Å²) < 4.78 is 51.2. The van der Waals surface area contributed by atoms with Gasteiger partial charge in [0.25, 0.3) is 0 Å². The summed E-state index contributed by atoms with van der Waals surface area (Å²) >= 11 is 1.04. The maximum atomic E-state index is 13.6. The maximum absolute atomic E-state index is 13.6. The molecule has 3 aromatic rings. The average molecular weight is 420 g/mol. The second-order valence-electron chi connectivity index (χ2n) is 6.84. The lowest BCUT2D eigenvalue weighted by atomic mass is 9.94. The van der Waals surface area contributed by atoms with E-state index in [2.05, 4.69) is 11.3 Å². The summed E-state index contributed by atoms with van der Waals surface area (Å²) in [5, 5.41) is 0.867. The third-order valence-corrected chi connectivity index (χ3v) is 5.86. The average Bonchev–Trinajstić information content (AvgIpc) is 3.13. The Bertz CT molecular complexity index is 1010.